The maximum absolute atomic E-state index is 4.61. The van der Waals surface area contributed by atoms with Gasteiger partial charge in [-0.15, -0.1) is 0 Å². The molecule has 1 saturated heterocycles. The molecular weight excluding hydrogens is 250 g/mol. The Balaban J connectivity index is 1.94. The monoisotopic (exact) mass is 273 g/mol. The van der Waals surface area contributed by atoms with E-state index in [2.05, 4.69) is 47.6 Å². The molecule has 1 fully saturated rings. The molecule has 3 heterocycles. The first-order chi connectivity index (χ1) is 9.57. The van der Waals surface area contributed by atoms with Gasteiger partial charge in [-0.3, -0.25) is 0 Å². The van der Waals surface area contributed by atoms with Gasteiger partial charge in [0.1, 0.15) is 5.52 Å². The number of rotatable bonds is 3. The summed E-state index contributed by atoms with van der Waals surface area (Å²) in [6, 6.07) is 2.14. The van der Waals surface area contributed by atoms with Crippen LogP contribution in [0.3, 0.4) is 0 Å². The van der Waals surface area contributed by atoms with Crippen LogP contribution >= 0.6 is 0 Å². The van der Waals surface area contributed by atoms with Crippen LogP contribution in [0.25, 0.3) is 5.52 Å². The first-order valence-electron chi connectivity index (χ1n) is 7.41. The zero-order valence-corrected chi connectivity index (χ0v) is 12.5. The van der Waals surface area contributed by atoms with Gasteiger partial charge in [-0.05, 0) is 44.8 Å². The van der Waals surface area contributed by atoms with Gasteiger partial charge in [-0.25, -0.2) is 9.50 Å². The van der Waals surface area contributed by atoms with Gasteiger partial charge in [0.2, 0.25) is 0 Å². The van der Waals surface area contributed by atoms with Crippen molar-refractivity contribution in [3.63, 3.8) is 0 Å². The number of fused-ring (bicyclic) bond motifs is 1. The van der Waals surface area contributed by atoms with E-state index in [0.717, 1.165) is 43.0 Å². The van der Waals surface area contributed by atoms with Gasteiger partial charge in [0.25, 0.3) is 0 Å². The molecule has 0 spiro atoms. The van der Waals surface area contributed by atoms with Crippen LogP contribution in [0, 0.1) is 0 Å². The number of hydrogen-bond acceptors (Lipinski definition) is 4. The minimum absolute atomic E-state index is 0.113. The third kappa shape index (κ3) is 2.50. The highest BCUT2D eigenvalue weighted by molar-refractivity contribution is 5.68. The van der Waals surface area contributed by atoms with Crippen molar-refractivity contribution in [2.75, 3.05) is 18.4 Å². The standard InChI is InChI=1S/C15H23N5/c1-11(2)12-10-13-14(17-8-9-20(13)19-12)18-15(3)4-6-16-7-5-15/h8-11,16H,4-7H2,1-3H3,(H,17,18). The van der Waals surface area contributed by atoms with Crippen LogP contribution in [-0.4, -0.2) is 33.2 Å². The van der Waals surface area contributed by atoms with Crippen molar-refractivity contribution >= 4 is 11.3 Å². The molecule has 0 saturated carbocycles. The van der Waals surface area contributed by atoms with Gasteiger partial charge in [0.05, 0.1) is 5.69 Å². The second kappa shape index (κ2) is 5.05. The lowest BCUT2D eigenvalue weighted by molar-refractivity contribution is 0.364. The fraction of sp³-hybridized carbons (Fsp3) is 0.600. The lowest BCUT2D eigenvalue weighted by Gasteiger charge is -2.35. The normalized spacial score (nSPS) is 18.6. The number of hydrogen-bond donors (Lipinski definition) is 2. The summed E-state index contributed by atoms with van der Waals surface area (Å²) in [7, 11) is 0. The van der Waals surface area contributed by atoms with Crippen molar-refractivity contribution in [1.29, 1.82) is 0 Å². The molecule has 0 atom stereocenters. The predicted octanol–water partition coefficient (Wildman–Crippen LogP) is 2.41. The van der Waals surface area contributed by atoms with E-state index in [1.54, 1.807) is 0 Å². The Morgan fingerprint density at radius 1 is 1.35 bits per heavy atom. The molecule has 2 aromatic heterocycles. The van der Waals surface area contributed by atoms with E-state index in [0.29, 0.717) is 5.92 Å². The summed E-state index contributed by atoms with van der Waals surface area (Å²) in [5.74, 6) is 1.37. The maximum Gasteiger partial charge on any atom is 0.152 e. The van der Waals surface area contributed by atoms with E-state index in [4.69, 9.17) is 0 Å². The van der Waals surface area contributed by atoms with E-state index in [1.165, 1.54) is 0 Å². The number of nitrogens with one attached hydrogen (secondary N) is 2. The molecule has 2 N–H and O–H groups in total. The van der Waals surface area contributed by atoms with Crippen LogP contribution < -0.4 is 10.6 Å². The SMILES string of the molecule is CC(C)c1cc2c(NC3(C)CCNCC3)nccn2n1. The Morgan fingerprint density at radius 2 is 2.10 bits per heavy atom. The Hall–Kier alpha value is -1.62. The maximum atomic E-state index is 4.61. The highest BCUT2D eigenvalue weighted by Gasteiger charge is 2.27. The van der Waals surface area contributed by atoms with Gasteiger partial charge in [0.15, 0.2) is 5.82 Å². The smallest absolute Gasteiger partial charge is 0.152 e. The molecule has 108 valence electrons. The summed E-state index contributed by atoms with van der Waals surface area (Å²) < 4.78 is 1.93. The second-order valence-electron chi connectivity index (χ2n) is 6.27. The summed E-state index contributed by atoms with van der Waals surface area (Å²) in [5.41, 5.74) is 2.29. The summed E-state index contributed by atoms with van der Waals surface area (Å²) in [6.07, 6.45) is 5.95. The molecule has 20 heavy (non-hydrogen) atoms. The second-order valence-corrected chi connectivity index (χ2v) is 6.27. The molecule has 1 aliphatic heterocycles. The average Bonchev–Trinajstić information content (AvgIpc) is 2.84. The number of aromatic nitrogens is 3. The molecule has 0 aliphatic carbocycles. The van der Waals surface area contributed by atoms with Gasteiger partial charge in [-0.2, -0.15) is 5.10 Å². The highest BCUT2D eigenvalue weighted by atomic mass is 15.2. The third-order valence-electron chi connectivity index (χ3n) is 4.13. The van der Waals surface area contributed by atoms with Crippen LogP contribution in [0.1, 0.15) is 45.2 Å². The van der Waals surface area contributed by atoms with E-state index < -0.39 is 0 Å². The van der Waals surface area contributed by atoms with Gasteiger partial charge >= 0.3 is 0 Å². The lowest BCUT2D eigenvalue weighted by atomic mass is 9.90. The fourth-order valence-corrected chi connectivity index (χ4v) is 2.71. The van der Waals surface area contributed by atoms with Crippen molar-refractivity contribution in [1.82, 2.24) is 19.9 Å². The van der Waals surface area contributed by atoms with Gasteiger partial charge in [-0.1, -0.05) is 13.8 Å². The molecule has 0 aromatic carbocycles. The highest BCUT2D eigenvalue weighted by Crippen LogP contribution is 2.26. The topological polar surface area (TPSA) is 54.2 Å². The molecule has 0 amide bonds. The first-order valence-corrected chi connectivity index (χ1v) is 7.41. The number of anilines is 1. The summed E-state index contributed by atoms with van der Waals surface area (Å²) in [5, 5.41) is 11.7. The largest absolute Gasteiger partial charge is 0.363 e. The van der Waals surface area contributed by atoms with Gasteiger partial charge in [0, 0.05) is 17.9 Å². The first kappa shape index (κ1) is 13.4. The molecule has 5 heteroatoms. The molecule has 3 rings (SSSR count). The van der Waals surface area contributed by atoms with Crippen molar-refractivity contribution in [3.8, 4) is 0 Å². The predicted molar refractivity (Wildman–Crippen MR) is 81.2 cm³/mol. The van der Waals surface area contributed by atoms with Crippen LogP contribution in [0.5, 0.6) is 0 Å². The molecule has 0 unspecified atom stereocenters. The molecule has 1 aliphatic rings. The minimum Gasteiger partial charge on any atom is -0.363 e. The molecule has 0 radical (unpaired) electrons. The summed E-state index contributed by atoms with van der Waals surface area (Å²) >= 11 is 0. The van der Waals surface area contributed by atoms with Crippen LogP contribution in [0.4, 0.5) is 5.82 Å². The van der Waals surface area contributed by atoms with E-state index in [-0.39, 0.29) is 5.54 Å². The van der Waals surface area contributed by atoms with Crippen LogP contribution in [0.2, 0.25) is 0 Å². The lowest BCUT2D eigenvalue weighted by Crippen LogP contribution is -2.45. The molecule has 2 aromatic rings. The zero-order valence-electron chi connectivity index (χ0n) is 12.5. The average molecular weight is 273 g/mol. The Bertz CT molecular complexity index is 595. The van der Waals surface area contributed by atoms with Crippen LogP contribution in [0.15, 0.2) is 18.5 Å². The molecular formula is C15H23N5. The fourth-order valence-electron chi connectivity index (χ4n) is 2.71. The summed E-state index contributed by atoms with van der Waals surface area (Å²) in [4.78, 5) is 4.53. The Morgan fingerprint density at radius 3 is 2.80 bits per heavy atom. The van der Waals surface area contributed by atoms with Crippen molar-refractivity contribution < 1.29 is 0 Å². The van der Waals surface area contributed by atoms with Crippen molar-refractivity contribution in [2.45, 2.75) is 45.1 Å². The molecule has 0 bridgehead atoms. The van der Waals surface area contributed by atoms with E-state index in [9.17, 15) is 0 Å². The quantitative estimate of drug-likeness (QED) is 0.901. The molecule has 5 nitrogen and oxygen atoms in total. The minimum atomic E-state index is 0.113. The van der Waals surface area contributed by atoms with Crippen molar-refractivity contribution in [3.05, 3.63) is 24.2 Å². The Kier molecular flexibility index (Phi) is 3.38. The van der Waals surface area contributed by atoms with Gasteiger partial charge < -0.3 is 10.6 Å². The third-order valence-corrected chi connectivity index (χ3v) is 4.13. The van der Waals surface area contributed by atoms with E-state index >= 15 is 0 Å². The van der Waals surface area contributed by atoms with E-state index in [1.807, 2.05) is 16.9 Å². The number of piperidine rings is 1. The Labute approximate surface area is 119 Å². The van der Waals surface area contributed by atoms with Crippen molar-refractivity contribution in [2.24, 2.45) is 0 Å². The summed E-state index contributed by atoms with van der Waals surface area (Å²) in [6.45, 7) is 8.72. The van der Waals surface area contributed by atoms with Crippen LogP contribution in [-0.2, 0) is 0 Å². The number of nitrogens with zero attached hydrogens (tertiary/aromatic N) is 3. The zero-order chi connectivity index (χ0) is 14.2.